The van der Waals surface area contributed by atoms with Crippen molar-refractivity contribution in [1.29, 1.82) is 0 Å². The Morgan fingerprint density at radius 1 is 1.25 bits per heavy atom. The van der Waals surface area contributed by atoms with Gasteiger partial charge in [-0.25, -0.2) is 0 Å². The number of quaternary nitrogens is 1. The highest BCUT2D eigenvalue weighted by Gasteiger charge is 2.24. The summed E-state index contributed by atoms with van der Waals surface area (Å²) in [6, 6.07) is 0. The Bertz CT molecular complexity index is 648. The zero-order valence-electron chi connectivity index (χ0n) is 15.1. The van der Waals surface area contributed by atoms with Crippen LogP contribution in [0.1, 0.15) is 54.7 Å². The quantitative estimate of drug-likeness (QED) is 0.522. The molecule has 0 saturated carbocycles. The zero-order valence-corrected chi connectivity index (χ0v) is 15.1. The molecule has 0 bridgehead atoms. The van der Waals surface area contributed by atoms with Gasteiger partial charge in [-0.3, -0.25) is 9.59 Å². The van der Waals surface area contributed by atoms with Crippen molar-refractivity contribution in [2.75, 3.05) is 33.2 Å². The van der Waals surface area contributed by atoms with Crippen LogP contribution in [-0.2, 0) is 12.8 Å². The lowest BCUT2D eigenvalue weighted by molar-refractivity contribution is -0.906. The van der Waals surface area contributed by atoms with Crippen LogP contribution in [0.4, 0.5) is 0 Å². The van der Waals surface area contributed by atoms with E-state index in [1.807, 2.05) is 0 Å². The summed E-state index contributed by atoms with van der Waals surface area (Å²) in [5.74, 6) is -0.613. The summed E-state index contributed by atoms with van der Waals surface area (Å²) in [7, 11) is 2.20. The number of hydrogen-bond acceptors (Lipinski definition) is 3. The molecule has 0 spiro atoms. The normalized spacial score (nSPS) is 14.3. The van der Waals surface area contributed by atoms with E-state index in [2.05, 4.69) is 31.2 Å². The third-order valence-corrected chi connectivity index (χ3v) is 5.40. The van der Waals surface area contributed by atoms with Gasteiger partial charge >= 0.3 is 0 Å². The number of aromatic hydroxyl groups is 1. The number of fused-ring (bicyclic) bond motifs is 1. The van der Waals surface area contributed by atoms with Gasteiger partial charge in [-0.15, -0.1) is 0 Å². The van der Waals surface area contributed by atoms with Crippen molar-refractivity contribution in [3.05, 3.63) is 27.2 Å². The number of carbonyl (C=O) groups excluding carboxylic acids is 1. The Morgan fingerprint density at radius 2 is 1.92 bits per heavy atom. The number of aromatic nitrogens is 1. The fraction of sp³-hybridized carbons (Fsp3) is 0.667. The first-order valence-electron chi connectivity index (χ1n) is 9.00. The van der Waals surface area contributed by atoms with E-state index in [1.54, 1.807) is 0 Å². The van der Waals surface area contributed by atoms with Crippen molar-refractivity contribution in [3.63, 3.8) is 0 Å². The average molecular weight is 336 g/mol. The van der Waals surface area contributed by atoms with Crippen LogP contribution in [0.3, 0.4) is 0 Å². The van der Waals surface area contributed by atoms with E-state index >= 15 is 0 Å². The number of carbonyl (C=O) groups is 1. The predicted octanol–water partition coefficient (Wildman–Crippen LogP) is 1.57. The fourth-order valence-electron chi connectivity index (χ4n) is 3.26. The van der Waals surface area contributed by atoms with Gasteiger partial charge in [0.2, 0.25) is 0 Å². The van der Waals surface area contributed by atoms with Gasteiger partial charge in [0.1, 0.15) is 11.3 Å². The smallest absolute Gasteiger partial charge is 0.264 e. The number of nitrogens with one attached hydrogen (secondary N) is 2. The van der Waals surface area contributed by atoms with Crippen LogP contribution >= 0.6 is 0 Å². The average Bonchev–Trinajstić information content (AvgIpc) is 2.58. The lowest BCUT2D eigenvalue weighted by atomic mass is 9.93. The third-order valence-electron chi connectivity index (χ3n) is 5.40. The van der Waals surface area contributed by atoms with Gasteiger partial charge in [-0.2, -0.15) is 0 Å². The maximum Gasteiger partial charge on any atom is 0.264 e. The van der Waals surface area contributed by atoms with Gasteiger partial charge in [-0.1, -0.05) is 0 Å². The van der Waals surface area contributed by atoms with Crippen LogP contribution in [-0.4, -0.2) is 53.7 Å². The molecule has 1 aliphatic carbocycles. The van der Waals surface area contributed by atoms with E-state index < -0.39 is 11.5 Å². The van der Waals surface area contributed by atoms with Crippen molar-refractivity contribution in [2.45, 2.75) is 46.0 Å². The minimum absolute atomic E-state index is 0.131. The van der Waals surface area contributed by atoms with Crippen LogP contribution in [0.15, 0.2) is 4.79 Å². The van der Waals surface area contributed by atoms with Crippen LogP contribution in [0.5, 0.6) is 5.75 Å². The van der Waals surface area contributed by atoms with Crippen molar-refractivity contribution in [3.8, 4) is 5.75 Å². The summed E-state index contributed by atoms with van der Waals surface area (Å²) in [5, 5.41) is 13.1. The van der Waals surface area contributed by atoms with E-state index in [-0.39, 0.29) is 11.3 Å². The first kappa shape index (κ1) is 18.5. The zero-order chi connectivity index (χ0) is 17.7. The molecular formula is C18H30N3O3+. The minimum atomic E-state index is -0.492. The molecule has 2 rings (SSSR count). The Balaban J connectivity index is 2.02. The van der Waals surface area contributed by atoms with E-state index in [9.17, 15) is 14.7 Å². The number of pyridine rings is 1. The maximum absolute atomic E-state index is 12.3. The highest BCUT2D eigenvalue weighted by molar-refractivity contribution is 5.96. The Hall–Kier alpha value is -1.82. The molecule has 0 atom stereocenters. The molecule has 1 aromatic rings. The van der Waals surface area contributed by atoms with E-state index in [4.69, 9.17) is 0 Å². The first-order chi connectivity index (χ1) is 11.4. The Morgan fingerprint density at radius 3 is 2.58 bits per heavy atom. The molecular weight excluding hydrogens is 306 g/mol. The van der Waals surface area contributed by atoms with Gasteiger partial charge in [0.05, 0.1) is 26.7 Å². The third kappa shape index (κ3) is 3.98. The van der Waals surface area contributed by atoms with Gasteiger partial charge in [-0.05, 0) is 39.5 Å². The van der Waals surface area contributed by atoms with Gasteiger partial charge < -0.3 is 19.9 Å². The molecule has 0 saturated heterocycles. The number of amides is 1. The molecule has 0 unspecified atom stereocenters. The molecule has 1 amide bonds. The van der Waals surface area contributed by atoms with E-state index in [0.29, 0.717) is 13.0 Å². The maximum atomic E-state index is 12.3. The fourth-order valence-corrected chi connectivity index (χ4v) is 3.26. The number of aryl methyl sites for hydroxylation is 1. The highest BCUT2D eigenvalue weighted by Crippen LogP contribution is 2.28. The topological polar surface area (TPSA) is 82.2 Å². The molecule has 6 nitrogen and oxygen atoms in total. The lowest BCUT2D eigenvalue weighted by Gasteiger charge is -2.32. The Kier molecular flexibility index (Phi) is 6.04. The highest BCUT2D eigenvalue weighted by atomic mass is 16.3. The van der Waals surface area contributed by atoms with Crippen molar-refractivity contribution in [2.24, 2.45) is 0 Å². The summed E-state index contributed by atoms with van der Waals surface area (Å²) < 4.78 is 0.959. The lowest BCUT2D eigenvalue weighted by Crippen LogP contribution is -2.45. The molecule has 0 fully saturated rings. The molecule has 1 aromatic heterocycles. The molecule has 0 aliphatic heterocycles. The number of rotatable bonds is 7. The van der Waals surface area contributed by atoms with Crippen LogP contribution in [0.2, 0.25) is 0 Å². The predicted molar refractivity (Wildman–Crippen MR) is 94.5 cm³/mol. The van der Waals surface area contributed by atoms with Gasteiger partial charge in [0.25, 0.3) is 11.5 Å². The number of aromatic amines is 1. The molecule has 6 heteroatoms. The summed E-state index contributed by atoms with van der Waals surface area (Å²) in [4.78, 5) is 27.3. The number of nitrogens with zero attached hydrogens (tertiary/aromatic N) is 1. The van der Waals surface area contributed by atoms with Crippen molar-refractivity contribution >= 4 is 5.91 Å². The number of hydrogen-bond donors (Lipinski definition) is 3. The molecule has 1 heterocycles. The van der Waals surface area contributed by atoms with Gasteiger partial charge in [0.15, 0.2) is 0 Å². The van der Waals surface area contributed by atoms with E-state index in [1.165, 1.54) is 0 Å². The summed E-state index contributed by atoms with van der Waals surface area (Å²) in [5.41, 5.74) is 0.874. The van der Waals surface area contributed by atoms with Gasteiger partial charge in [0, 0.05) is 24.2 Å². The number of H-pyrrole nitrogens is 1. The summed E-state index contributed by atoms with van der Waals surface area (Å²) >= 11 is 0. The Labute approximate surface area is 143 Å². The van der Waals surface area contributed by atoms with Crippen molar-refractivity contribution < 1.29 is 14.4 Å². The molecule has 0 aromatic carbocycles. The minimum Gasteiger partial charge on any atom is -0.507 e. The molecule has 3 N–H and O–H groups in total. The van der Waals surface area contributed by atoms with Crippen LogP contribution < -0.4 is 10.9 Å². The summed E-state index contributed by atoms with van der Waals surface area (Å²) in [6.45, 7) is 7.90. The standard InChI is InChI=1S/C18H29N3O3/c1-4-21(3,5-2)12-8-11-19-17(23)15-16(22)13-9-6-7-10-14(13)20-18(15)24/h4-12H2,1-3H3,(H2-,19,20,22,23,24)/p+1. The molecule has 1 aliphatic rings. The van der Waals surface area contributed by atoms with Crippen LogP contribution in [0.25, 0.3) is 0 Å². The monoisotopic (exact) mass is 336 g/mol. The molecule has 134 valence electrons. The van der Waals surface area contributed by atoms with Crippen LogP contribution in [0, 0.1) is 0 Å². The summed E-state index contributed by atoms with van der Waals surface area (Å²) in [6.07, 6.45) is 4.27. The van der Waals surface area contributed by atoms with E-state index in [0.717, 1.165) is 61.1 Å². The second-order valence-electron chi connectivity index (χ2n) is 6.93. The van der Waals surface area contributed by atoms with Crippen molar-refractivity contribution in [1.82, 2.24) is 10.3 Å². The molecule has 24 heavy (non-hydrogen) atoms. The second kappa shape index (κ2) is 7.83. The SMILES string of the molecule is CC[N+](C)(CC)CCCNC(=O)c1c(O)c2c([nH]c1=O)CCCC2. The second-order valence-corrected chi connectivity index (χ2v) is 6.93. The first-order valence-corrected chi connectivity index (χ1v) is 9.00. The largest absolute Gasteiger partial charge is 0.507 e. The molecule has 0 radical (unpaired) electrons.